The Morgan fingerprint density at radius 3 is 2.74 bits per heavy atom. The number of rotatable bonds is 5. The Labute approximate surface area is 145 Å². The van der Waals surface area contributed by atoms with Gasteiger partial charge in [0.1, 0.15) is 5.75 Å². The van der Waals surface area contributed by atoms with Crippen molar-refractivity contribution in [1.82, 2.24) is 4.90 Å². The second-order valence-corrected chi connectivity index (χ2v) is 6.45. The van der Waals surface area contributed by atoms with Crippen molar-refractivity contribution >= 4 is 18.3 Å². The first-order chi connectivity index (χ1) is 10.5. The highest BCUT2D eigenvalue weighted by atomic mass is 35.5. The fraction of sp³-hybridized carbons (Fsp3) is 0.611. The molecule has 1 aromatic rings. The van der Waals surface area contributed by atoms with E-state index in [1.54, 1.807) is 7.11 Å². The maximum atomic E-state index is 12.6. The van der Waals surface area contributed by atoms with E-state index < -0.39 is 0 Å². The molecular formula is C18H29ClN2O2. The van der Waals surface area contributed by atoms with Crippen molar-refractivity contribution in [2.75, 3.05) is 20.2 Å². The molecule has 1 saturated heterocycles. The highest BCUT2D eigenvalue weighted by Gasteiger charge is 2.27. The number of piperidine rings is 1. The number of likely N-dealkylation sites (tertiary alicyclic amines) is 1. The summed E-state index contributed by atoms with van der Waals surface area (Å²) in [6.07, 6.45) is 2.70. The zero-order chi connectivity index (χ0) is 16.1. The predicted octanol–water partition coefficient (Wildman–Crippen LogP) is 3.20. The summed E-state index contributed by atoms with van der Waals surface area (Å²) in [4.78, 5) is 14.6. The molecule has 0 spiro atoms. The third kappa shape index (κ3) is 5.11. The van der Waals surface area contributed by atoms with E-state index in [0.29, 0.717) is 12.3 Å². The van der Waals surface area contributed by atoms with E-state index in [0.717, 1.165) is 37.2 Å². The molecule has 23 heavy (non-hydrogen) atoms. The summed E-state index contributed by atoms with van der Waals surface area (Å²) >= 11 is 0. The van der Waals surface area contributed by atoms with Crippen molar-refractivity contribution in [2.45, 2.75) is 45.1 Å². The van der Waals surface area contributed by atoms with Crippen LogP contribution in [0.3, 0.4) is 0 Å². The number of halogens is 1. The van der Waals surface area contributed by atoms with Crippen LogP contribution < -0.4 is 10.5 Å². The number of nitrogens with zero attached hydrogens (tertiary/aromatic N) is 1. The second-order valence-electron chi connectivity index (χ2n) is 6.45. The molecule has 130 valence electrons. The standard InChI is InChI=1S/C18H28N2O2.ClH/c1-13(16-8-4-5-9-17(16)22-3)11-18(21)20-10-6-7-15(12-20)14(2)19;/h4-5,8-9,13-15H,6-7,10-12,19H2,1-3H3;1H. The van der Waals surface area contributed by atoms with Gasteiger partial charge in [-0.2, -0.15) is 0 Å². The fourth-order valence-electron chi connectivity index (χ4n) is 3.24. The third-order valence-electron chi connectivity index (χ3n) is 4.70. The average molecular weight is 341 g/mol. The number of nitrogens with two attached hydrogens (primary N) is 1. The first kappa shape index (κ1) is 19.8. The first-order valence-corrected chi connectivity index (χ1v) is 8.19. The summed E-state index contributed by atoms with van der Waals surface area (Å²) in [5.74, 6) is 1.66. The van der Waals surface area contributed by atoms with Crippen LogP contribution >= 0.6 is 12.4 Å². The number of amides is 1. The lowest BCUT2D eigenvalue weighted by molar-refractivity contribution is -0.133. The fourth-order valence-corrected chi connectivity index (χ4v) is 3.24. The van der Waals surface area contributed by atoms with Gasteiger partial charge >= 0.3 is 0 Å². The summed E-state index contributed by atoms with van der Waals surface area (Å²) in [5, 5.41) is 0. The molecule has 0 aliphatic carbocycles. The molecule has 0 aromatic heterocycles. The number of para-hydroxylation sites is 1. The van der Waals surface area contributed by atoms with Gasteiger partial charge in [0.05, 0.1) is 7.11 Å². The Morgan fingerprint density at radius 1 is 1.39 bits per heavy atom. The number of methoxy groups -OCH3 is 1. The van der Waals surface area contributed by atoms with E-state index in [9.17, 15) is 4.79 Å². The van der Waals surface area contributed by atoms with Crippen LogP contribution in [0.15, 0.2) is 24.3 Å². The predicted molar refractivity (Wildman–Crippen MR) is 96.2 cm³/mol. The van der Waals surface area contributed by atoms with Crippen LogP contribution in [0.5, 0.6) is 5.75 Å². The Kier molecular flexibility index (Phi) is 7.86. The summed E-state index contributed by atoms with van der Waals surface area (Å²) in [6.45, 7) is 5.79. The molecule has 2 rings (SSSR count). The van der Waals surface area contributed by atoms with Crippen LogP contribution in [-0.2, 0) is 4.79 Å². The quantitative estimate of drug-likeness (QED) is 0.895. The van der Waals surface area contributed by atoms with Gasteiger partial charge in [-0.05, 0) is 43.2 Å². The number of carbonyl (C=O) groups excluding carboxylic acids is 1. The first-order valence-electron chi connectivity index (χ1n) is 8.19. The minimum absolute atomic E-state index is 0. The Morgan fingerprint density at radius 2 is 2.09 bits per heavy atom. The topological polar surface area (TPSA) is 55.6 Å². The van der Waals surface area contributed by atoms with Gasteiger partial charge in [-0.3, -0.25) is 4.79 Å². The number of ether oxygens (including phenoxy) is 1. The summed E-state index contributed by atoms with van der Waals surface area (Å²) < 4.78 is 5.40. The van der Waals surface area contributed by atoms with Gasteiger partial charge in [-0.15, -0.1) is 12.4 Å². The lowest BCUT2D eigenvalue weighted by atomic mass is 9.91. The van der Waals surface area contributed by atoms with Crippen LogP contribution in [0.1, 0.15) is 44.6 Å². The van der Waals surface area contributed by atoms with Crippen molar-refractivity contribution < 1.29 is 9.53 Å². The van der Waals surface area contributed by atoms with Gasteiger partial charge in [-0.25, -0.2) is 0 Å². The van der Waals surface area contributed by atoms with Crippen LogP contribution in [0.2, 0.25) is 0 Å². The van der Waals surface area contributed by atoms with E-state index in [4.69, 9.17) is 10.5 Å². The molecule has 3 atom stereocenters. The smallest absolute Gasteiger partial charge is 0.223 e. The van der Waals surface area contributed by atoms with Gasteiger partial charge in [0, 0.05) is 25.6 Å². The van der Waals surface area contributed by atoms with E-state index in [2.05, 4.69) is 6.92 Å². The summed E-state index contributed by atoms with van der Waals surface area (Å²) in [7, 11) is 1.67. The van der Waals surface area contributed by atoms with Gasteiger partial charge < -0.3 is 15.4 Å². The molecule has 0 saturated carbocycles. The van der Waals surface area contributed by atoms with E-state index in [1.807, 2.05) is 36.1 Å². The molecule has 1 heterocycles. The molecule has 0 radical (unpaired) electrons. The van der Waals surface area contributed by atoms with E-state index >= 15 is 0 Å². The lowest BCUT2D eigenvalue weighted by Gasteiger charge is -2.35. The SMILES string of the molecule is COc1ccccc1C(C)CC(=O)N1CCCC(C(C)N)C1.Cl. The van der Waals surface area contributed by atoms with Crippen molar-refractivity contribution in [3.8, 4) is 5.75 Å². The molecular weight excluding hydrogens is 312 g/mol. The minimum Gasteiger partial charge on any atom is -0.496 e. The third-order valence-corrected chi connectivity index (χ3v) is 4.70. The minimum atomic E-state index is 0. The van der Waals surface area contributed by atoms with Crippen molar-refractivity contribution in [3.05, 3.63) is 29.8 Å². The van der Waals surface area contributed by atoms with Gasteiger partial charge in [0.2, 0.25) is 5.91 Å². The normalized spacial score (nSPS) is 20.3. The second kappa shape index (κ2) is 9.14. The zero-order valence-electron chi connectivity index (χ0n) is 14.3. The van der Waals surface area contributed by atoms with E-state index in [-0.39, 0.29) is 30.3 Å². The Balaban J connectivity index is 0.00000264. The van der Waals surface area contributed by atoms with Crippen LogP contribution in [0, 0.1) is 5.92 Å². The summed E-state index contributed by atoms with van der Waals surface area (Å²) in [6, 6.07) is 8.09. The molecule has 4 nitrogen and oxygen atoms in total. The molecule has 1 aromatic carbocycles. The molecule has 1 aliphatic rings. The average Bonchev–Trinajstić information content (AvgIpc) is 2.54. The number of benzene rings is 1. The van der Waals surface area contributed by atoms with Crippen molar-refractivity contribution in [2.24, 2.45) is 11.7 Å². The molecule has 2 N–H and O–H groups in total. The number of carbonyl (C=O) groups is 1. The maximum absolute atomic E-state index is 12.6. The van der Waals surface area contributed by atoms with Crippen LogP contribution in [0.25, 0.3) is 0 Å². The maximum Gasteiger partial charge on any atom is 0.223 e. The van der Waals surface area contributed by atoms with Crippen LogP contribution in [-0.4, -0.2) is 37.0 Å². The van der Waals surface area contributed by atoms with Crippen molar-refractivity contribution in [1.29, 1.82) is 0 Å². The molecule has 1 fully saturated rings. The highest BCUT2D eigenvalue weighted by molar-refractivity contribution is 5.85. The molecule has 1 aliphatic heterocycles. The summed E-state index contributed by atoms with van der Waals surface area (Å²) in [5.41, 5.74) is 7.10. The number of hydrogen-bond donors (Lipinski definition) is 1. The molecule has 5 heteroatoms. The molecule has 0 bridgehead atoms. The van der Waals surface area contributed by atoms with Gasteiger partial charge in [0.15, 0.2) is 0 Å². The molecule has 1 amide bonds. The van der Waals surface area contributed by atoms with Crippen LogP contribution in [0.4, 0.5) is 0 Å². The van der Waals surface area contributed by atoms with E-state index in [1.165, 1.54) is 0 Å². The van der Waals surface area contributed by atoms with Gasteiger partial charge in [0.25, 0.3) is 0 Å². The van der Waals surface area contributed by atoms with Gasteiger partial charge in [-0.1, -0.05) is 25.1 Å². The zero-order valence-corrected chi connectivity index (χ0v) is 15.1. The molecule has 3 unspecified atom stereocenters. The number of hydrogen-bond acceptors (Lipinski definition) is 3. The lowest BCUT2D eigenvalue weighted by Crippen LogP contribution is -2.45. The highest BCUT2D eigenvalue weighted by Crippen LogP contribution is 2.29. The van der Waals surface area contributed by atoms with Crippen molar-refractivity contribution in [3.63, 3.8) is 0 Å². The monoisotopic (exact) mass is 340 g/mol. The Hall–Kier alpha value is -1.26. The largest absolute Gasteiger partial charge is 0.496 e. The Bertz CT molecular complexity index is 508.